The Kier molecular flexibility index (Phi) is 5.37. The fourth-order valence-electron chi connectivity index (χ4n) is 3.38. The SMILES string of the molecule is CCc1oc2ccccc2c1CN(C)[C@@H](C)C(=O)Nc1c(C)nn(C)c1C. The lowest BCUT2D eigenvalue weighted by Crippen LogP contribution is -2.39. The molecule has 0 aliphatic rings. The number of carbonyl (C=O) groups excluding carboxylic acids is 1. The van der Waals surface area contributed by atoms with Crippen molar-refractivity contribution in [1.82, 2.24) is 14.7 Å². The molecule has 0 aliphatic carbocycles. The molecular weight excluding hydrogens is 340 g/mol. The van der Waals surface area contributed by atoms with E-state index in [1.54, 1.807) is 4.68 Å². The first-order valence-corrected chi connectivity index (χ1v) is 9.34. The van der Waals surface area contributed by atoms with Crippen LogP contribution in [0.1, 0.15) is 36.6 Å². The quantitative estimate of drug-likeness (QED) is 0.719. The Balaban J connectivity index is 1.78. The molecule has 6 heteroatoms. The molecule has 1 amide bonds. The maximum absolute atomic E-state index is 12.8. The van der Waals surface area contributed by atoms with Crippen LogP contribution >= 0.6 is 0 Å². The van der Waals surface area contributed by atoms with E-state index in [2.05, 4.69) is 23.4 Å². The second-order valence-electron chi connectivity index (χ2n) is 7.10. The van der Waals surface area contributed by atoms with E-state index < -0.39 is 0 Å². The van der Waals surface area contributed by atoms with E-state index in [1.165, 1.54) is 0 Å². The Hall–Kier alpha value is -2.60. The van der Waals surface area contributed by atoms with Gasteiger partial charge in [-0.1, -0.05) is 25.1 Å². The van der Waals surface area contributed by atoms with E-state index in [0.29, 0.717) is 6.54 Å². The number of anilines is 1. The van der Waals surface area contributed by atoms with Crippen LogP contribution in [-0.4, -0.2) is 33.7 Å². The maximum Gasteiger partial charge on any atom is 0.241 e. The minimum atomic E-state index is -0.289. The predicted octanol–water partition coefficient (Wildman–Crippen LogP) is 3.80. The van der Waals surface area contributed by atoms with Crippen LogP contribution in [0.2, 0.25) is 0 Å². The number of aryl methyl sites for hydroxylation is 3. The molecule has 6 nitrogen and oxygen atoms in total. The third-order valence-corrected chi connectivity index (χ3v) is 5.31. The number of fused-ring (bicyclic) bond motifs is 1. The molecule has 1 aromatic carbocycles. The standard InChI is InChI=1S/C21H28N4O2/c1-7-18-17(16-10-8-9-11-19(16)27-18)12-24(5)15(4)21(26)22-20-13(2)23-25(6)14(20)3/h8-11,15H,7,12H2,1-6H3,(H,22,26)/t15-/m0/s1. The summed E-state index contributed by atoms with van der Waals surface area (Å²) in [5.41, 5.74) is 4.63. The highest BCUT2D eigenvalue weighted by Crippen LogP contribution is 2.28. The highest BCUT2D eigenvalue weighted by Gasteiger charge is 2.23. The zero-order valence-corrected chi connectivity index (χ0v) is 17.0. The van der Waals surface area contributed by atoms with Gasteiger partial charge in [0.2, 0.25) is 5.91 Å². The minimum Gasteiger partial charge on any atom is -0.461 e. The summed E-state index contributed by atoms with van der Waals surface area (Å²) in [6, 6.07) is 7.77. The Labute approximate surface area is 160 Å². The molecule has 0 unspecified atom stereocenters. The van der Waals surface area contributed by atoms with Crippen LogP contribution in [0.15, 0.2) is 28.7 Å². The molecule has 0 saturated heterocycles. The number of nitrogens with zero attached hydrogens (tertiary/aromatic N) is 3. The van der Waals surface area contributed by atoms with Gasteiger partial charge in [-0.05, 0) is 33.9 Å². The Bertz CT molecular complexity index is 970. The van der Waals surface area contributed by atoms with Gasteiger partial charge in [-0.2, -0.15) is 5.10 Å². The van der Waals surface area contributed by atoms with E-state index in [9.17, 15) is 4.79 Å². The van der Waals surface area contributed by atoms with Crippen molar-refractivity contribution >= 4 is 22.6 Å². The van der Waals surface area contributed by atoms with E-state index in [4.69, 9.17) is 4.42 Å². The van der Waals surface area contributed by atoms with Crippen LogP contribution in [0, 0.1) is 13.8 Å². The minimum absolute atomic E-state index is 0.0393. The van der Waals surface area contributed by atoms with Gasteiger partial charge in [0.05, 0.1) is 23.1 Å². The molecule has 0 spiro atoms. The van der Waals surface area contributed by atoms with E-state index in [0.717, 1.165) is 45.8 Å². The van der Waals surface area contributed by atoms with Gasteiger partial charge in [-0.3, -0.25) is 14.4 Å². The molecular formula is C21H28N4O2. The smallest absolute Gasteiger partial charge is 0.241 e. The van der Waals surface area contributed by atoms with Gasteiger partial charge >= 0.3 is 0 Å². The summed E-state index contributed by atoms with van der Waals surface area (Å²) < 4.78 is 7.76. The molecule has 0 radical (unpaired) electrons. The summed E-state index contributed by atoms with van der Waals surface area (Å²) in [5, 5.41) is 8.52. The Morgan fingerprint density at radius 3 is 2.67 bits per heavy atom. The van der Waals surface area contributed by atoms with Gasteiger partial charge in [0, 0.05) is 31.0 Å². The highest BCUT2D eigenvalue weighted by atomic mass is 16.3. The molecule has 27 heavy (non-hydrogen) atoms. The predicted molar refractivity (Wildman–Crippen MR) is 108 cm³/mol. The summed E-state index contributed by atoms with van der Waals surface area (Å²) in [6.45, 7) is 8.52. The van der Waals surface area contributed by atoms with Gasteiger partial charge in [0.1, 0.15) is 11.3 Å². The zero-order valence-electron chi connectivity index (χ0n) is 17.0. The van der Waals surface area contributed by atoms with Crippen LogP contribution in [0.3, 0.4) is 0 Å². The van der Waals surface area contributed by atoms with Crippen molar-refractivity contribution in [3.8, 4) is 0 Å². The molecule has 2 aromatic heterocycles. The molecule has 3 rings (SSSR count). The average molecular weight is 368 g/mol. The van der Waals surface area contributed by atoms with Crippen molar-refractivity contribution in [3.63, 3.8) is 0 Å². The number of benzene rings is 1. The molecule has 144 valence electrons. The second kappa shape index (κ2) is 7.56. The highest BCUT2D eigenvalue weighted by molar-refractivity contribution is 5.95. The summed E-state index contributed by atoms with van der Waals surface area (Å²) >= 11 is 0. The largest absolute Gasteiger partial charge is 0.461 e. The van der Waals surface area contributed by atoms with Crippen LogP contribution in [-0.2, 0) is 24.8 Å². The number of para-hydroxylation sites is 1. The lowest BCUT2D eigenvalue weighted by atomic mass is 10.1. The molecule has 1 atom stereocenters. The number of amides is 1. The summed E-state index contributed by atoms with van der Waals surface area (Å²) in [5.74, 6) is 0.942. The molecule has 3 aromatic rings. The van der Waals surface area contributed by atoms with Crippen molar-refractivity contribution in [2.45, 2.75) is 46.7 Å². The summed E-state index contributed by atoms with van der Waals surface area (Å²) in [4.78, 5) is 14.8. The van der Waals surface area contributed by atoms with Gasteiger partial charge in [-0.15, -0.1) is 0 Å². The average Bonchev–Trinajstić information content (AvgIpc) is 3.12. The first kappa shape index (κ1) is 19.2. The number of hydrogen-bond donors (Lipinski definition) is 1. The molecule has 0 bridgehead atoms. The normalized spacial score (nSPS) is 12.7. The number of furan rings is 1. The lowest BCUT2D eigenvalue weighted by Gasteiger charge is -2.24. The number of rotatable bonds is 6. The van der Waals surface area contributed by atoms with Crippen molar-refractivity contribution in [2.75, 3.05) is 12.4 Å². The van der Waals surface area contributed by atoms with Crippen LogP contribution in [0.4, 0.5) is 5.69 Å². The third kappa shape index (κ3) is 3.62. The Morgan fingerprint density at radius 1 is 1.33 bits per heavy atom. The lowest BCUT2D eigenvalue weighted by molar-refractivity contribution is -0.120. The fraction of sp³-hybridized carbons (Fsp3) is 0.429. The number of nitrogens with one attached hydrogen (secondary N) is 1. The number of aromatic nitrogens is 2. The van der Waals surface area contributed by atoms with Crippen molar-refractivity contribution in [3.05, 3.63) is 47.0 Å². The first-order valence-electron chi connectivity index (χ1n) is 9.34. The molecule has 2 heterocycles. The van der Waals surface area contributed by atoms with E-state index in [1.807, 2.05) is 58.0 Å². The van der Waals surface area contributed by atoms with Gasteiger partial charge in [0.25, 0.3) is 0 Å². The van der Waals surface area contributed by atoms with Gasteiger partial charge in [0.15, 0.2) is 0 Å². The van der Waals surface area contributed by atoms with Crippen LogP contribution in [0.25, 0.3) is 11.0 Å². The maximum atomic E-state index is 12.8. The van der Waals surface area contributed by atoms with E-state index >= 15 is 0 Å². The van der Waals surface area contributed by atoms with E-state index in [-0.39, 0.29) is 11.9 Å². The molecule has 1 N–H and O–H groups in total. The topological polar surface area (TPSA) is 63.3 Å². The Morgan fingerprint density at radius 2 is 2.04 bits per heavy atom. The van der Waals surface area contributed by atoms with Gasteiger partial charge in [-0.25, -0.2) is 0 Å². The van der Waals surface area contributed by atoms with Gasteiger partial charge < -0.3 is 9.73 Å². The molecule has 0 saturated carbocycles. The zero-order chi connectivity index (χ0) is 19.7. The number of hydrogen-bond acceptors (Lipinski definition) is 4. The molecule has 0 fully saturated rings. The van der Waals surface area contributed by atoms with Crippen molar-refractivity contribution in [1.29, 1.82) is 0 Å². The third-order valence-electron chi connectivity index (χ3n) is 5.31. The summed E-state index contributed by atoms with van der Waals surface area (Å²) in [6.07, 6.45) is 0.826. The number of likely N-dealkylation sites (N-methyl/N-ethyl adjacent to an activating group) is 1. The number of carbonyl (C=O) groups is 1. The van der Waals surface area contributed by atoms with Crippen LogP contribution < -0.4 is 5.32 Å². The van der Waals surface area contributed by atoms with Crippen LogP contribution in [0.5, 0.6) is 0 Å². The molecule has 0 aliphatic heterocycles. The fourth-order valence-corrected chi connectivity index (χ4v) is 3.38. The second-order valence-corrected chi connectivity index (χ2v) is 7.10. The first-order chi connectivity index (χ1) is 12.8. The monoisotopic (exact) mass is 368 g/mol. The van der Waals surface area contributed by atoms with Crippen molar-refractivity contribution in [2.24, 2.45) is 7.05 Å². The van der Waals surface area contributed by atoms with Crippen molar-refractivity contribution < 1.29 is 9.21 Å². The summed E-state index contributed by atoms with van der Waals surface area (Å²) in [7, 11) is 3.85.